The molecule has 3 atom stereocenters. The highest BCUT2D eigenvalue weighted by Crippen LogP contribution is 2.38. The van der Waals surface area contributed by atoms with Crippen molar-refractivity contribution in [2.24, 2.45) is 11.8 Å². The molecule has 0 amide bonds. The van der Waals surface area contributed by atoms with E-state index in [0.29, 0.717) is 17.9 Å². The van der Waals surface area contributed by atoms with Gasteiger partial charge in [0.1, 0.15) is 11.9 Å². The van der Waals surface area contributed by atoms with Gasteiger partial charge in [-0.1, -0.05) is 6.42 Å². The molecule has 2 aliphatic rings. The van der Waals surface area contributed by atoms with Gasteiger partial charge in [0.15, 0.2) is 5.75 Å². The highest BCUT2D eigenvalue weighted by atomic mass is 19.1. The fraction of sp³-hybridized carbons (Fsp3) is 0.500. The number of nitrogens with zero attached hydrogens (tertiary/aromatic N) is 3. The Balaban J connectivity index is 0.000000197. The maximum atomic E-state index is 12.2. The summed E-state index contributed by atoms with van der Waals surface area (Å²) in [6, 6.07) is 6.08. The molecular weight excluding hydrogens is 349 g/mol. The average Bonchev–Trinajstić information content (AvgIpc) is 3.21. The second-order valence-corrected chi connectivity index (χ2v) is 7.39. The lowest BCUT2D eigenvalue weighted by Gasteiger charge is -2.20. The first kappa shape index (κ1) is 19.5. The van der Waals surface area contributed by atoms with Crippen molar-refractivity contribution in [1.82, 2.24) is 14.9 Å². The van der Waals surface area contributed by atoms with Crippen molar-refractivity contribution >= 4 is 0 Å². The van der Waals surface area contributed by atoms with Gasteiger partial charge >= 0.3 is 0 Å². The number of hydrogen-bond donors (Lipinski definition) is 3. The number of halogens is 1. The van der Waals surface area contributed by atoms with E-state index in [-0.39, 0.29) is 5.75 Å². The largest absolute Gasteiger partial charge is 0.506 e. The van der Waals surface area contributed by atoms with E-state index in [1.165, 1.54) is 31.5 Å². The minimum Gasteiger partial charge on any atom is -0.506 e. The third-order valence-electron chi connectivity index (χ3n) is 5.31. The Morgan fingerprint density at radius 3 is 2.41 bits per heavy atom. The SMILES string of the molecule is Cc1ccc(O)c(F)n1.Oc1ccc(C(O)CN2C[C@H]3CCC[C@H]3C2)nc1. The van der Waals surface area contributed by atoms with Crippen LogP contribution in [0.3, 0.4) is 0 Å². The number of β-amino-alcohol motifs (C(OH)–C–C–N with tert-alkyl or cyclic N) is 1. The van der Waals surface area contributed by atoms with Crippen LogP contribution in [0.2, 0.25) is 0 Å². The van der Waals surface area contributed by atoms with Gasteiger partial charge in [0.05, 0.1) is 11.9 Å². The van der Waals surface area contributed by atoms with Gasteiger partial charge in [-0.15, -0.1) is 0 Å². The molecule has 2 aromatic heterocycles. The molecule has 146 valence electrons. The minimum atomic E-state index is -0.810. The standard InChI is InChI=1S/C14H20N2O2.C6H6FNO/c17-12-4-5-13(15-6-12)14(18)9-16-7-10-2-1-3-11(10)8-16;1-4-2-3-5(9)6(7)8-4/h4-6,10-11,14,17-18H,1-3,7-9H2;2-3,9H,1H3/t10-,11+,14?;. The molecule has 0 aromatic carbocycles. The summed E-state index contributed by atoms with van der Waals surface area (Å²) in [6.07, 6.45) is 4.93. The Labute approximate surface area is 158 Å². The van der Waals surface area contributed by atoms with E-state index in [4.69, 9.17) is 5.11 Å². The summed E-state index contributed by atoms with van der Waals surface area (Å²) in [5.74, 6) is 0.632. The Bertz CT molecular complexity index is 745. The summed E-state index contributed by atoms with van der Waals surface area (Å²) < 4.78 is 12.2. The third-order valence-corrected chi connectivity index (χ3v) is 5.31. The minimum absolute atomic E-state index is 0.140. The summed E-state index contributed by atoms with van der Waals surface area (Å²) in [5.41, 5.74) is 1.20. The van der Waals surface area contributed by atoms with Crippen molar-refractivity contribution in [2.45, 2.75) is 32.3 Å². The molecule has 4 rings (SSSR count). The van der Waals surface area contributed by atoms with Crippen molar-refractivity contribution in [3.05, 3.63) is 47.8 Å². The first-order valence-electron chi connectivity index (χ1n) is 9.30. The molecule has 3 heterocycles. The zero-order chi connectivity index (χ0) is 19.4. The van der Waals surface area contributed by atoms with Crippen LogP contribution in [0.4, 0.5) is 4.39 Å². The van der Waals surface area contributed by atoms with E-state index in [1.807, 2.05) is 0 Å². The van der Waals surface area contributed by atoms with Crippen molar-refractivity contribution in [3.63, 3.8) is 0 Å². The predicted molar refractivity (Wildman–Crippen MR) is 98.7 cm³/mol. The van der Waals surface area contributed by atoms with E-state index in [1.54, 1.807) is 25.1 Å². The van der Waals surface area contributed by atoms with Gasteiger partial charge in [-0.2, -0.15) is 4.39 Å². The van der Waals surface area contributed by atoms with Crippen LogP contribution < -0.4 is 0 Å². The second-order valence-electron chi connectivity index (χ2n) is 7.39. The van der Waals surface area contributed by atoms with Gasteiger partial charge in [-0.05, 0) is 55.9 Å². The smallest absolute Gasteiger partial charge is 0.255 e. The molecule has 1 unspecified atom stereocenters. The van der Waals surface area contributed by atoms with Crippen LogP contribution in [-0.2, 0) is 0 Å². The van der Waals surface area contributed by atoms with Crippen LogP contribution >= 0.6 is 0 Å². The molecule has 27 heavy (non-hydrogen) atoms. The Morgan fingerprint density at radius 1 is 1.15 bits per heavy atom. The van der Waals surface area contributed by atoms with Gasteiger partial charge in [-0.3, -0.25) is 9.88 Å². The van der Waals surface area contributed by atoms with Crippen LogP contribution in [0.15, 0.2) is 30.5 Å². The predicted octanol–water partition coefficient (Wildman–Crippen LogP) is 2.79. The topological polar surface area (TPSA) is 89.7 Å². The molecule has 2 aromatic rings. The van der Waals surface area contributed by atoms with Gasteiger partial charge in [0, 0.05) is 25.3 Å². The maximum absolute atomic E-state index is 12.2. The summed E-state index contributed by atoms with van der Waals surface area (Å²) in [6.45, 7) is 4.56. The molecule has 1 aliphatic carbocycles. The second kappa shape index (κ2) is 8.63. The van der Waals surface area contributed by atoms with Crippen LogP contribution in [0.25, 0.3) is 0 Å². The number of rotatable bonds is 3. The summed E-state index contributed by atoms with van der Waals surface area (Å²) >= 11 is 0. The molecule has 6 nitrogen and oxygen atoms in total. The Kier molecular flexibility index (Phi) is 6.23. The number of aliphatic hydroxyl groups excluding tert-OH is 1. The van der Waals surface area contributed by atoms with E-state index in [0.717, 1.165) is 24.9 Å². The molecule has 2 fully saturated rings. The molecule has 0 bridgehead atoms. The molecular formula is C20H26FN3O3. The highest BCUT2D eigenvalue weighted by Gasteiger charge is 2.36. The van der Waals surface area contributed by atoms with Gasteiger partial charge in [0.2, 0.25) is 0 Å². The van der Waals surface area contributed by atoms with E-state index in [2.05, 4.69) is 14.9 Å². The van der Waals surface area contributed by atoms with Crippen molar-refractivity contribution in [2.75, 3.05) is 19.6 Å². The van der Waals surface area contributed by atoms with E-state index >= 15 is 0 Å². The lowest BCUT2D eigenvalue weighted by atomic mass is 10.0. The van der Waals surface area contributed by atoms with Crippen molar-refractivity contribution < 1.29 is 19.7 Å². The normalized spacial score (nSPS) is 22.8. The first-order chi connectivity index (χ1) is 12.9. The fourth-order valence-electron chi connectivity index (χ4n) is 3.93. The summed E-state index contributed by atoms with van der Waals surface area (Å²) in [7, 11) is 0. The number of aromatic hydroxyl groups is 2. The van der Waals surface area contributed by atoms with E-state index < -0.39 is 17.8 Å². The van der Waals surface area contributed by atoms with Crippen LogP contribution in [0, 0.1) is 24.7 Å². The number of fused-ring (bicyclic) bond motifs is 1. The first-order valence-corrected chi connectivity index (χ1v) is 9.30. The molecule has 3 N–H and O–H groups in total. The molecule has 0 spiro atoms. The molecule has 7 heteroatoms. The zero-order valence-corrected chi connectivity index (χ0v) is 15.4. The number of likely N-dealkylation sites (tertiary alicyclic amines) is 1. The van der Waals surface area contributed by atoms with Gasteiger partial charge < -0.3 is 15.3 Å². The van der Waals surface area contributed by atoms with E-state index in [9.17, 15) is 14.6 Å². The Morgan fingerprint density at radius 2 is 1.85 bits per heavy atom. The van der Waals surface area contributed by atoms with Crippen LogP contribution in [0.5, 0.6) is 11.5 Å². The summed E-state index contributed by atoms with van der Waals surface area (Å²) in [4.78, 5) is 9.78. The zero-order valence-electron chi connectivity index (χ0n) is 15.4. The average molecular weight is 375 g/mol. The quantitative estimate of drug-likeness (QED) is 0.715. The number of pyridine rings is 2. The number of aromatic nitrogens is 2. The van der Waals surface area contributed by atoms with Gasteiger partial charge in [-0.25, -0.2) is 4.98 Å². The molecule has 1 aliphatic heterocycles. The third kappa shape index (κ3) is 5.14. The highest BCUT2D eigenvalue weighted by molar-refractivity contribution is 5.19. The number of aryl methyl sites for hydroxylation is 1. The summed E-state index contributed by atoms with van der Waals surface area (Å²) in [5, 5.41) is 27.9. The van der Waals surface area contributed by atoms with Gasteiger partial charge in [0.25, 0.3) is 5.95 Å². The fourth-order valence-corrected chi connectivity index (χ4v) is 3.93. The lowest BCUT2D eigenvalue weighted by Crippen LogP contribution is -2.27. The maximum Gasteiger partial charge on any atom is 0.255 e. The van der Waals surface area contributed by atoms with Crippen LogP contribution in [0.1, 0.15) is 36.8 Å². The molecule has 1 saturated carbocycles. The van der Waals surface area contributed by atoms with Crippen LogP contribution in [-0.4, -0.2) is 49.8 Å². The molecule has 1 saturated heterocycles. The number of hydrogen-bond acceptors (Lipinski definition) is 6. The molecule has 0 radical (unpaired) electrons. The van der Waals surface area contributed by atoms with Crippen molar-refractivity contribution in [3.8, 4) is 11.5 Å². The Hall–Kier alpha value is -2.25. The monoisotopic (exact) mass is 375 g/mol. The number of aliphatic hydroxyl groups is 1. The van der Waals surface area contributed by atoms with Crippen molar-refractivity contribution in [1.29, 1.82) is 0 Å². The lowest BCUT2D eigenvalue weighted by molar-refractivity contribution is 0.118.